The molecule has 1 aliphatic rings. The minimum Gasteiger partial charge on any atom is -0.305 e. The second kappa shape index (κ2) is 4.78. The van der Waals surface area contributed by atoms with Crippen molar-refractivity contribution in [1.29, 1.82) is 0 Å². The van der Waals surface area contributed by atoms with E-state index in [0.717, 1.165) is 17.7 Å². The normalized spacial score (nSPS) is 22.8. The van der Waals surface area contributed by atoms with Gasteiger partial charge in [0, 0.05) is 11.2 Å². The van der Waals surface area contributed by atoms with Gasteiger partial charge >= 0.3 is 0 Å². The number of carbonyl (C=O) groups is 1. The Balaban J connectivity index is 2.58. The molecule has 0 spiro atoms. The molecule has 0 saturated heterocycles. The van der Waals surface area contributed by atoms with Crippen LogP contribution in [0.2, 0.25) is 0 Å². The molecule has 2 atom stereocenters. The van der Waals surface area contributed by atoms with E-state index in [1.165, 1.54) is 12.1 Å². The summed E-state index contributed by atoms with van der Waals surface area (Å²) in [5.41, 5.74) is 1.34. The molecule has 0 aliphatic carbocycles. The van der Waals surface area contributed by atoms with Gasteiger partial charge in [0.2, 0.25) is 5.91 Å². The number of halogens is 2. The molecule has 0 saturated carbocycles. The molecule has 0 fully saturated rings. The Kier molecular flexibility index (Phi) is 3.61. The van der Waals surface area contributed by atoms with Crippen LogP contribution in [0, 0.1) is 5.82 Å². The molecule has 2 nitrogen and oxygen atoms in total. The van der Waals surface area contributed by atoms with Crippen molar-refractivity contribution in [2.24, 2.45) is 0 Å². The minimum atomic E-state index is -0.592. The molecule has 1 heterocycles. The van der Waals surface area contributed by atoms with Gasteiger partial charge < -0.3 is 4.90 Å². The molecular weight excluding hydrogens is 265 g/mol. The quantitative estimate of drug-likeness (QED) is 0.712. The SMILES string of the molecule is CC(Cl)C(=O)N1c2ccc(F)cc2C(C)CC1(C)C. The number of nitrogens with zero attached hydrogens (tertiary/aromatic N) is 1. The third-order valence-electron chi connectivity index (χ3n) is 3.73. The second-order valence-corrected chi connectivity index (χ2v) is 6.57. The highest BCUT2D eigenvalue weighted by molar-refractivity contribution is 6.32. The Hall–Kier alpha value is -1.09. The first-order valence-electron chi connectivity index (χ1n) is 6.51. The van der Waals surface area contributed by atoms with Crippen molar-refractivity contribution < 1.29 is 9.18 Å². The number of alkyl halides is 1. The zero-order valence-corrected chi connectivity index (χ0v) is 12.5. The van der Waals surface area contributed by atoms with Gasteiger partial charge in [-0.25, -0.2) is 4.39 Å². The first kappa shape index (κ1) is 14.3. The first-order valence-corrected chi connectivity index (χ1v) is 6.95. The van der Waals surface area contributed by atoms with Crippen LogP contribution < -0.4 is 4.90 Å². The van der Waals surface area contributed by atoms with E-state index in [0.29, 0.717) is 0 Å². The Morgan fingerprint density at radius 1 is 1.53 bits per heavy atom. The van der Waals surface area contributed by atoms with Crippen molar-refractivity contribution in [3.63, 3.8) is 0 Å². The summed E-state index contributed by atoms with van der Waals surface area (Å²) in [5.74, 6) is -0.182. The van der Waals surface area contributed by atoms with Gasteiger partial charge in [-0.1, -0.05) is 6.92 Å². The summed E-state index contributed by atoms with van der Waals surface area (Å²) in [6.45, 7) is 7.77. The van der Waals surface area contributed by atoms with Crippen LogP contribution in [0.1, 0.15) is 45.6 Å². The number of amides is 1. The molecule has 2 unspecified atom stereocenters. The van der Waals surface area contributed by atoms with E-state index >= 15 is 0 Å². The average molecular weight is 284 g/mol. The molecule has 0 bridgehead atoms. The molecular formula is C15H19ClFNO. The lowest BCUT2D eigenvalue weighted by Crippen LogP contribution is -2.53. The van der Waals surface area contributed by atoms with E-state index in [-0.39, 0.29) is 23.2 Å². The van der Waals surface area contributed by atoms with Gasteiger partial charge in [-0.2, -0.15) is 0 Å². The predicted octanol–water partition coefficient (Wildman–Crippen LogP) is 4.07. The summed E-state index contributed by atoms with van der Waals surface area (Å²) in [7, 11) is 0. The molecule has 1 amide bonds. The molecule has 0 N–H and O–H groups in total. The van der Waals surface area contributed by atoms with Crippen LogP contribution in [0.4, 0.5) is 10.1 Å². The lowest BCUT2D eigenvalue weighted by Gasteiger charge is -2.46. The topological polar surface area (TPSA) is 20.3 Å². The zero-order valence-electron chi connectivity index (χ0n) is 11.7. The number of carbonyl (C=O) groups excluding carboxylic acids is 1. The maximum Gasteiger partial charge on any atom is 0.245 e. The van der Waals surface area contributed by atoms with Crippen LogP contribution in [0.25, 0.3) is 0 Å². The fourth-order valence-electron chi connectivity index (χ4n) is 3.00. The Morgan fingerprint density at radius 2 is 2.16 bits per heavy atom. The Bertz CT molecular complexity index is 513. The minimum absolute atomic E-state index is 0.133. The molecule has 1 aromatic rings. The van der Waals surface area contributed by atoms with Crippen LogP contribution in [-0.2, 0) is 4.79 Å². The van der Waals surface area contributed by atoms with E-state index in [1.54, 1.807) is 17.9 Å². The summed E-state index contributed by atoms with van der Waals surface area (Å²) >= 11 is 5.96. The van der Waals surface area contributed by atoms with Gasteiger partial charge in [-0.15, -0.1) is 11.6 Å². The van der Waals surface area contributed by atoms with Gasteiger partial charge in [0.25, 0.3) is 0 Å². The number of hydrogen-bond donors (Lipinski definition) is 0. The predicted molar refractivity (Wildman–Crippen MR) is 76.3 cm³/mol. The number of fused-ring (bicyclic) bond motifs is 1. The summed E-state index contributed by atoms with van der Waals surface area (Å²) < 4.78 is 13.4. The average Bonchev–Trinajstić information content (AvgIpc) is 2.28. The summed E-state index contributed by atoms with van der Waals surface area (Å²) in [5, 5.41) is -0.592. The standard InChI is InChI=1S/C15H19ClFNO/c1-9-8-15(3,4)18(14(19)10(2)16)13-6-5-11(17)7-12(9)13/h5-7,9-10H,8H2,1-4H3. The van der Waals surface area contributed by atoms with E-state index in [4.69, 9.17) is 11.6 Å². The fourth-order valence-corrected chi connectivity index (χ4v) is 3.09. The first-order chi connectivity index (χ1) is 8.74. The third-order valence-corrected chi connectivity index (χ3v) is 3.92. The van der Waals surface area contributed by atoms with Gasteiger partial charge in [0.15, 0.2) is 0 Å². The van der Waals surface area contributed by atoms with Crippen molar-refractivity contribution in [1.82, 2.24) is 0 Å². The van der Waals surface area contributed by atoms with Crippen LogP contribution in [0.15, 0.2) is 18.2 Å². The monoisotopic (exact) mass is 283 g/mol. The molecule has 4 heteroatoms. The van der Waals surface area contributed by atoms with Crippen LogP contribution >= 0.6 is 11.6 Å². The maximum absolute atomic E-state index is 13.4. The van der Waals surface area contributed by atoms with Crippen LogP contribution in [0.5, 0.6) is 0 Å². The van der Waals surface area contributed by atoms with Gasteiger partial charge in [0.05, 0.1) is 0 Å². The number of benzene rings is 1. The highest BCUT2D eigenvalue weighted by atomic mass is 35.5. The number of rotatable bonds is 1. The molecule has 19 heavy (non-hydrogen) atoms. The zero-order chi connectivity index (χ0) is 14.4. The molecule has 1 aliphatic heterocycles. The summed E-state index contributed by atoms with van der Waals surface area (Å²) in [4.78, 5) is 14.1. The summed E-state index contributed by atoms with van der Waals surface area (Å²) in [6.07, 6.45) is 0.790. The van der Waals surface area contributed by atoms with E-state index < -0.39 is 5.38 Å². The van der Waals surface area contributed by atoms with Crippen molar-refractivity contribution in [3.05, 3.63) is 29.6 Å². The largest absolute Gasteiger partial charge is 0.305 e. The Morgan fingerprint density at radius 3 is 2.74 bits per heavy atom. The molecule has 104 valence electrons. The molecule has 1 aromatic carbocycles. The van der Waals surface area contributed by atoms with Gasteiger partial charge in [-0.05, 0) is 56.9 Å². The van der Waals surface area contributed by atoms with Crippen molar-refractivity contribution in [2.75, 3.05) is 4.90 Å². The number of hydrogen-bond acceptors (Lipinski definition) is 1. The van der Waals surface area contributed by atoms with Gasteiger partial charge in [0.1, 0.15) is 11.2 Å². The molecule has 0 radical (unpaired) electrons. The van der Waals surface area contributed by atoms with Crippen molar-refractivity contribution in [2.45, 2.75) is 50.9 Å². The molecule has 0 aromatic heterocycles. The lowest BCUT2D eigenvalue weighted by molar-refractivity contribution is -0.119. The highest BCUT2D eigenvalue weighted by Crippen LogP contribution is 2.43. The van der Waals surface area contributed by atoms with Gasteiger partial charge in [-0.3, -0.25) is 4.79 Å². The van der Waals surface area contributed by atoms with E-state index in [1.807, 2.05) is 13.8 Å². The van der Waals surface area contributed by atoms with E-state index in [9.17, 15) is 9.18 Å². The number of anilines is 1. The second-order valence-electron chi connectivity index (χ2n) is 5.91. The van der Waals surface area contributed by atoms with E-state index in [2.05, 4.69) is 6.92 Å². The summed E-state index contributed by atoms with van der Waals surface area (Å²) in [6, 6.07) is 4.60. The molecule has 2 rings (SSSR count). The van der Waals surface area contributed by atoms with Crippen LogP contribution in [0.3, 0.4) is 0 Å². The van der Waals surface area contributed by atoms with Crippen molar-refractivity contribution in [3.8, 4) is 0 Å². The van der Waals surface area contributed by atoms with Crippen LogP contribution in [-0.4, -0.2) is 16.8 Å². The smallest absolute Gasteiger partial charge is 0.245 e. The highest BCUT2D eigenvalue weighted by Gasteiger charge is 2.40. The van der Waals surface area contributed by atoms with Crippen molar-refractivity contribution >= 4 is 23.2 Å². The lowest BCUT2D eigenvalue weighted by atomic mass is 9.80. The maximum atomic E-state index is 13.4. The fraction of sp³-hybridized carbons (Fsp3) is 0.533. The third kappa shape index (κ3) is 2.48. The Labute approximate surface area is 118 Å².